The molecule has 0 spiro atoms. The Balaban J connectivity index is 2.46. The normalized spacial score (nSPS) is 39.5. The lowest BCUT2D eigenvalue weighted by Crippen LogP contribution is -2.50. The molecule has 2 heterocycles. The van der Waals surface area contributed by atoms with Crippen molar-refractivity contribution in [2.45, 2.75) is 31.1 Å². The molecular formula is C14H14F2INO3. The van der Waals surface area contributed by atoms with Crippen molar-refractivity contribution >= 4 is 34.3 Å². The third-order valence-corrected chi connectivity index (χ3v) is 4.83. The van der Waals surface area contributed by atoms with Crippen LogP contribution in [0.15, 0.2) is 30.7 Å². The maximum absolute atomic E-state index is 15.3. The van der Waals surface area contributed by atoms with Crippen LogP contribution in [0.1, 0.15) is 13.3 Å². The van der Waals surface area contributed by atoms with Crippen LogP contribution in [0.4, 0.5) is 8.78 Å². The van der Waals surface area contributed by atoms with Crippen molar-refractivity contribution in [2.75, 3.05) is 4.43 Å². The van der Waals surface area contributed by atoms with Gasteiger partial charge < -0.3 is 4.74 Å². The van der Waals surface area contributed by atoms with E-state index in [0.29, 0.717) is 0 Å². The Kier molecular flexibility index (Phi) is 4.37. The van der Waals surface area contributed by atoms with Gasteiger partial charge in [0.1, 0.15) is 0 Å². The molecule has 0 N–H and O–H groups in total. The summed E-state index contributed by atoms with van der Waals surface area (Å²) in [6.07, 6.45) is 1.39. The highest BCUT2D eigenvalue weighted by Gasteiger charge is 2.64. The number of carbonyl (C=O) groups excluding carboxylic acids is 2. The van der Waals surface area contributed by atoms with E-state index in [-0.39, 0.29) is 16.6 Å². The van der Waals surface area contributed by atoms with E-state index in [1.807, 2.05) is 0 Å². The van der Waals surface area contributed by atoms with Crippen molar-refractivity contribution in [1.29, 1.82) is 0 Å². The van der Waals surface area contributed by atoms with Gasteiger partial charge in [-0.05, 0) is 12.2 Å². The summed E-state index contributed by atoms with van der Waals surface area (Å²) in [5.41, 5.74) is 0.0313. The van der Waals surface area contributed by atoms with Gasteiger partial charge in [-0.15, -0.1) is 5.73 Å². The van der Waals surface area contributed by atoms with Gasteiger partial charge in [-0.25, -0.2) is 8.78 Å². The van der Waals surface area contributed by atoms with Gasteiger partial charge in [-0.3, -0.25) is 14.5 Å². The summed E-state index contributed by atoms with van der Waals surface area (Å²) in [7, 11) is 0. The second-order valence-corrected chi connectivity index (χ2v) is 5.81. The summed E-state index contributed by atoms with van der Waals surface area (Å²) in [5.74, 6) is -4.38. The van der Waals surface area contributed by atoms with Crippen LogP contribution in [-0.2, 0) is 14.3 Å². The summed E-state index contributed by atoms with van der Waals surface area (Å²) in [4.78, 5) is 24.0. The molecule has 0 aromatic carbocycles. The first-order valence-corrected chi connectivity index (χ1v) is 7.82. The molecule has 0 aliphatic carbocycles. The van der Waals surface area contributed by atoms with E-state index in [0.717, 1.165) is 23.3 Å². The molecule has 0 aromatic heterocycles. The molecule has 0 bridgehead atoms. The molecule has 1 saturated heterocycles. The van der Waals surface area contributed by atoms with Crippen LogP contribution >= 0.6 is 22.6 Å². The van der Waals surface area contributed by atoms with E-state index >= 15 is 4.39 Å². The highest BCUT2D eigenvalue weighted by atomic mass is 127. The van der Waals surface area contributed by atoms with Crippen LogP contribution in [0, 0.1) is 5.92 Å². The molecule has 0 saturated carbocycles. The van der Waals surface area contributed by atoms with Crippen molar-refractivity contribution < 1.29 is 23.1 Å². The van der Waals surface area contributed by atoms with Gasteiger partial charge in [-0.1, -0.05) is 36.1 Å². The van der Waals surface area contributed by atoms with Crippen LogP contribution in [0.2, 0.25) is 0 Å². The van der Waals surface area contributed by atoms with Gasteiger partial charge in [0.25, 0.3) is 0 Å². The molecule has 2 rings (SSSR count). The number of ether oxygens (including phenoxy) is 1. The quantitative estimate of drug-likeness (QED) is 0.312. The predicted molar refractivity (Wildman–Crippen MR) is 79.9 cm³/mol. The molecular weight excluding hydrogens is 395 g/mol. The van der Waals surface area contributed by atoms with E-state index in [1.165, 1.54) is 6.92 Å². The zero-order valence-electron chi connectivity index (χ0n) is 11.3. The van der Waals surface area contributed by atoms with Crippen molar-refractivity contribution in [3.05, 3.63) is 30.7 Å². The number of halogens is 3. The number of hydrogen-bond donors (Lipinski definition) is 0. The Labute approximate surface area is 134 Å². The fraction of sp³-hybridized carbons (Fsp3) is 0.500. The minimum absolute atomic E-state index is 0.0935. The molecule has 21 heavy (non-hydrogen) atoms. The SMILES string of the molecule is C=C=C[C@]1(F)[C@H](N2C=CC(=O)CC2=O)O[C@](F)(CI)[C@H]1C. The van der Waals surface area contributed by atoms with Crippen LogP contribution in [0.3, 0.4) is 0 Å². The average molecular weight is 409 g/mol. The number of carbonyl (C=O) groups is 2. The lowest BCUT2D eigenvalue weighted by atomic mass is 9.86. The van der Waals surface area contributed by atoms with Gasteiger partial charge in [0.15, 0.2) is 17.7 Å². The molecule has 0 unspecified atom stereocenters. The van der Waals surface area contributed by atoms with E-state index in [1.54, 1.807) is 22.6 Å². The van der Waals surface area contributed by atoms with Crippen LogP contribution in [0.5, 0.6) is 0 Å². The first-order valence-electron chi connectivity index (χ1n) is 6.29. The second kappa shape index (κ2) is 5.62. The van der Waals surface area contributed by atoms with E-state index in [2.05, 4.69) is 12.3 Å². The number of hydrogen-bond acceptors (Lipinski definition) is 3. The number of nitrogens with zero attached hydrogens (tertiary/aromatic N) is 1. The van der Waals surface area contributed by atoms with Crippen molar-refractivity contribution in [3.8, 4) is 0 Å². The van der Waals surface area contributed by atoms with Gasteiger partial charge in [0.2, 0.25) is 11.8 Å². The molecule has 4 atom stereocenters. The Hall–Kier alpha value is -1.05. The van der Waals surface area contributed by atoms with Gasteiger partial charge >= 0.3 is 0 Å². The minimum atomic E-state index is -2.28. The van der Waals surface area contributed by atoms with Gasteiger partial charge in [0.05, 0.1) is 16.8 Å². The highest BCUT2D eigenvalue weighted by Crippen LogP contribution is 2.50. The number of ketones is 1. The third-order valence-electron chi connectivity index (χ3n) is 3.79. The van der Waals surface area contributed by atoms with Crippen LogP contribution in [0.25, 0.3) is 0 Å². The maximum atomic E-state index is 15.3. The zero-order valence-corrected chi connectivity index (χ0v) is 13.5. The predicted octanol–water partition coefficient (Wildman–Crippen LogP) is 2.44. The molecule has 1 amide bonds. The molecule has 0 aromatic rings. The summed E-state index contributed by atoms with van der Waals surface area (Å²) >= 11 is 1.76. The second-order valence-electron chi connectivity index (χ2n) is 5.05. The smallest absolute Gasteiger partial charge is 0.236 e. The Morgan fingerprint density at radius 1 is 1.62 bits per heavy atom. The monoisotopic (exact) mass is 409 g/mol. The number of rotatable bonds is 3. The number of alkyl halides is 3. The van der Waals surface area contributed by atoms with Crippen LogP contribution < -0.4 is 0 Å². The summed E-state index contributed by atoms with van der Waals surface area (Å²) in [6, 6.07) is 0. The van der Waals surface area contributed by atoms with Gasteiger partial charge in [0, 0.05) is 6.20 Å². The van der Waals surface area contributed by atoms with E-state index in [9.17, 15) is 14.0 Å². The van der Waals surface area contributed by atoms with Crippen molar-refractivity contribution in [2.24, 2.45) is 5.92 Å². The minimum Gasteiger partial charge on any atom is -0.317 e. The zero-order chi connectivity index (χ0) is 15.8. The lowest BCUT2D eigenvalue weighted by Gasteiger charge is -2.33. The first-order chi connectivity index (χ1) is 9.78. The number of allylic oxidation sites excluding steroid dienone is 1. The topological polar surface area (TPSA) is 46.6 Å². The Bertz CT molecular complexity index is 560. The molecule has 0 radical (unpaired) electrons. The van der Waals surface area contributed by atoms with Crippen molar-refractivity contribution in [3.63, 3.8) is 0 Å². The molecule has 114 valence electrons. The molecule has 4 nitrogen and oxygen atoms in total. The summed E-state index contributed by atoms with van der Waals surface area (Å²) < 4.78 is 35.1. The molecule has 1 fully saturated rings. The largest absolute Gasteiger partial charge is 0.317 e. The third kappa shape index (κ3) is 2.58. The fourth-order valence-electron chi connectivity index (χ4n) is 2.45. The summed E-state index contributed by atoms with van der Waals surface area (Å²) in [6.45, 7) is 4.68. The fourth-order valence-corrected chi connectivity index (χ4v) is 3.29. The van der Waals surface area contributed by atoms with Gasteiger partial charge in [-0.2, -0.15) is 0 Å². The molecule has 7 heteroatoms. The molecule has 2 aliphatic heterocycles. The standard InChI is InChI=1S/C14H14F2INO3/c1-3-5-13(15)9(2)14(16,8-17)21-12(13)18-6-4-10(19)7-11(18)20/h4-6,9,12H,1,7-8H2,2H3/t9-,12+,13+,14+/m0/s1. The Morgan fingerprint density at radius 3 is 2.81 bits per heavy atom. The lowest BCUT2D eigenvalue weighted by molar-refractivity contribution is -0.175. The molecule has 2 aliphatic rings. The maximum Gasteiger partial charge on any atom is 0.236 e. The highest BCUT2D eigenvalue weighted by molar-refractivity contribution is 14.1. The Morgan fingerprint density at radius 2 is 2.29 bits per heavy atom. The average Bonchev–Trinajstić information content (AvgIpc) is 2.62. The van der Waals surface area contributed by atoms with E-state index < -0.39 is 29.6 Å². The number of amides is 1. The summed E-state index contributed by atoms with van der Waals surface area (Å²) in [5, 5.41) is 0. The van der Waals surface area contributed by atoms with Crippen LogP contribution in [-0.4, -0.2) is 38.8 Å². The van der Waals surface area contributed by atoms with Crippen molar-refractivity contribution in [1.82, 2.24) is 4.90 Å². The first kappa shape index (κ1) is 16.3. The van der Waals surface area contributed by atoms with E-state index in [4.69, 9.17) is 4.74 Å².